The third kappa shape index (κ3) is 4.42. The van der Waals surface area contributed by atoms with Gasteiger partial charge in [0.05, 0.1) is 18.0 Å². The lowest BCUT2D eigenvalue weighted by Gasteiger charge is -2.31. The Bertz CT molecular complexity index is 622. The molecule has 2 amide bonds. The van der Waals surface area contributed by atoms with Gasteiger partial charge in [0.15, 0.2) is 5.75 Å². The molecule has 4 rings (SSSR count). The number of nitrogens with zero attached hydrogens (tertiary/aromatic N) is 1. The van der Waals surface area contributed by atoms with Crippen molar-refractivity contribution in [3.63, 3.8) is 0 Å². The number of aromatic nitrogens is 1. The van der Waals surface area contributed by atoms with Crippen LogP contribution >= 0.6 is 0 Å². The van der Waals surface area contributed by atoms with Gasteiger partial charge in [-0.25, -0.2) is 4.79 Å². The van der Waals surface area contributed by atoms with Gasteiger partial charge in [0.25, 0.3) is 0 Å². The Kier molecular flexibility index (Phi) is 4.79. The Labute approximate surface area is 148 Å². The van der Waals surface area contributed by atoms with Gasteiger partial charge in [-0.05, 0) is 63.4 Å². The summed E-state index contributed by atoms with van der Waals surface area (Å²) < 4.78 is 11.3. The van der Waals surface area contributed by atoms with Crippen molar-refractivity contribution in [3.05, 3.63) is 18.0 Å². The van der Waals surface area contributed by atoms with Crippen LogP contribution in [0.1, 0.15) is 44.2 Å². The molecule has 136 valence electrons. The first-order valence-electron chi connectivity index (χ1n) is 9.47. The fourth-order valence-electron chi connectivity index (χ4n) is 3.56. The molecule has 1 aliphatic heterocycles. The third-order valence-electron chi connectivity index (χ3n) is 5.27. The average molecular weight is 345 g/mol. The summed E-state index contributed by atoms with van der Waals surface area (Å²) in [6.45, 7) is 3.53. The molecule has 1 unspecified atom stereocenters. The van der Waals surface area contributed by atoms with Gasteiger partial charge in [-0.15, -0.1) is 0 Å². The number of carbonyl (C=O) groups is 1. The minimum Gasteiger partial charge on any atom is -0.487 e. The molecule has 6 heteroatoms. The molecule has 1 saturated heterocycles. The van der Waals surface area contributed by atoms with E-state index in [1.807, 2.05) is 13.0 Å². The highest BCUT2D eigenvalue weighted by Gasteiger charge is 2.38. The molecule has 1 aromatic rings. The molecule has 1 aromatic heterocycles. The van der Waals surface area contributed by atoms with Gasteiger partial charge in [0, 0.05) is 24.9 Å². The van der Waals surface area contributed by atoms with E-state index < -0.39 is 0 Å². The Balaban J connectivity index is 1.41. The van der Waals surface area contributed by atoms with E-state index in [1.165, 1.54) is 12.8 Å². The molecule has 0 radical (unpaired) electrons. The van der Waals surface area contributed by atoms with Gasteiger partial charge in [0.1, 0.15) is 0 Å². The number of hydrogen-bond acceptors (Lipinski definition) is 4. The first-order valence-corrected chi connectivity index (χ1v) is 9.47. The quantitative estimate of drug-likeness (QED) is 0.830. The number of carbonyl (C=O) groups excluding carboxylic acids is 1. The molecule has 3 aliphatic rings. The normalized spacial score (nSPS) is 22.3. The fourth-order valence-corrected chi connectivity index (χ4v) is 3.56. The lowest BCUT2D eigenvalue weighted by atomic mass is 9.89. The molecule has 6 nitrogen and oxygen atoms in total. The van der Waals surface area contributed by atoms with E-state index in [2.05, 4.69) is 15.6 Å². The molecule has 2 N–H and O–H groups in total. The van der Waals surface area contributed by atoms with Crippen molar-refractivity contribution >= 4 is 11.7 Å². The van der Waals surface area contributed by atoms with Crippen molar-refractivity contribution in [2.24, 2.45) is 11.8 Å². The van der Waals surface area contributed by atoms with Crippen LogP contribution in [0.3, 0.4) is 0 Å². The van der Waals surface area contributed by atoms with Crippen LogP contribution in [0.25, 0.3) is 0 Å². The molecular formula is C19H27N3O3. The summed E-state index contributed by atoms with van der Waals surface area (Å²) in [4.78, 5) is 16.9. The van der Waals surface area contributed by atoms with Crippen LogP contribution in [-0.2, 0) is 4.74 Å². The van der Waals surface area contributed by atoms with Crippen molar-refractivity contribution in [2.75, 3.05) is 18.5 Å². The van der Waals surface area contributed by atoms with E-state index in [0.29, 0.717) is 23.3 Å². The Morgan fingerprint density at radius 3 is 2.60 bits per heavy atom. The van der Waals surface area contributed by atoms with E-state index in [9.17, 15) is 4.79 Å². The summed E-state index contributed by atoms with van der Waals surface area (Å²) in [6, 6.07) is 1.98. The summed E-state index contributed by atoms with van der Waals surface area (Å²) in [7, 11) is 0. The summed E-state index contributed by atoms with van der Waals surface area (Å²) in [6.07, 6.45) is 8.63. The maximum Gasteiger partial charge on any atom is 0.319 e. The van der Waals surface area contributed by atoms with E-state index in [0.717, 1.165) is 44.6 Å². The Hall–Kier alpha value is -1.82. The van der Waals surface area contributed by atoms with E-state index in [-0.39, 0.29) is 18.2 Å². The zero-order valence-electron chi connectivity index (χ0n) is 14.8. The van der Waals surface area contributed by atoms with Crippen molar-refractivity contribution in [1.82, 2.24) is 10.3 Å². The van der Waals surface area contributed by atoms with Crippen molar-refractivity contribution in [1.29, 1.82) is 0 Å². The zero-order valence-corrected chi connectivity index (χ0v) is 14.8. The molecule has 2 heterocycles. The van der Waals surface area contributed by atoms with Crippen LogP contribution in [0.15, 0.2) is 12.3 Å². The van der Waals surface area contributed by atoms with Crippen LogP contribution in [0.2, 0.25) is 0 Å². The highest BCUT2D eigenvalue weighted by molar-refractivity contribution is 5.91. The van der Waals surface area contributed by atoms with Crippen LogP contribution in [0.4, 0.5) is 10.5 Å². The number of hydrogen-bond donors (Lipinski definition) is 2. The van der Waals surface area contributed by atoms with Gasteiger partial charge >= 0.3 is 6.03 Å². The average Bonchev–Trinajstić information content (AvgIpc) is 3.50. The van der Waals surface area contributed by atoms with Gasteiger partial charge < -0.3 is 20.1 Å². The van der Waals surface area contributed by atoms with E-state index in [1.54, 1.807) is 6.20 Å². The van der Waals surface area contributed by atoms with Gasteiger partial charge in [-0.1, -0.05) is 0 Å². The maximum atomic E-state index is 12.6. The Morgan fingerprint density at radius 1 is 1.20 bits per heavy atom. The van der Waals surface area contributed by atoms with Gasteiger partial charge in [-0.3, -0.25) is 4.98 Å². The smallest absolute Gasteiger partial charge is 0.319 e. The fraction of sp³-hybridized carbons (Fsp3) is 0.684. The summed E-state index contributed by atoms with van der Waals surface area (Å²) in [5.41, 5.74) is 1.57. The van der Waals surface area contributed by atoms with E-state index >= 15 is 0 Å². The molecule has 0 aromatic carbocycles. The standard InChI is InChI=1S/C19H27N3O3/c1-12-10-16(17(11-20-12)25-15-4-5-15)21-19(23)22-18(13-2-3-13)14-6-8-24-9-7-14/h10-11,13-15,18H,2-9H2,1H3,(H2,20,21,22,23). The number of aryl methyl sites for hydroxylation is 1. The molecule has 2 saturated carbocycles. The number of urea groups is 1. The number of rotatable bonds is 6. The number of nitrogens with one attached hydrogen (secondary N) is 2. The van der Waals surface area contributed by atoms with Gasteiger partial charge in [0.2, 0.25) is 0 Å². The first kappa shape index (κ1) is 16.6. The minimum absolute atomic E-state index is 0.144. The number of pyridine rings is 1. The van der Waals surface area contributed by atoms with Gasteiger partial charge in [-0.2, -0.15) is 0 Å². The lowest BCUT2D eigenvalue weighted by molar-refractivity contribution is 0.0524. The topological polar surface area (TPSA) is 72.5 Å². The summed E-state index contributed by atoms with van der Waals surface area (Å²) in [5.74, 6) is 1.81. The zero-order chi connectivity index (χ0) is 17.2. The molecule has 25 heavy (non-hydrogen) atoms. The van der Waals surface area contributed by atoms with Crippen molar-refractivity contribution in [3.8, 4) is 5.75 Å². The monoisotopic (exact) mass is 345 g/mol. The molecule has 0 spiro atoms. The van der Waals surface area contributed by atoms with Crippen molar-refractivity contribution < 1.29 is 14.3 Å². The SMILES string of the molecule is Cc1cc(NC(=O)NC(C2CCOCC2)C2CC2)c(OC2CC2)cn1. The third-order valence-corrected chi connectivity index (χ3v) is 5.27. The van der Waals surface area contributed by atoms with Crippen molar-refractivity contribution in [2.45, 2.75) is 57.6 Å². The van der Waals surface area contributed by atoms with Crippen LogP contribution in [0, 0.1) is 18.8 Å². The van der Waals surface area contributed by atoms with Crippen LogP contribution < -0.4 is 15.4 Å². The molecule has 3 fully saturated rings. The summed E-state index contributed by atoms with van der Waals surface area (Å²) >= 11 is 0. The second-order valence-electron chi connectivity index (χ2n) is 7.55. The van der Waals surface area contributed by atoms with E-state index in [4.69, 9.17) is 9.47 Å². The molecule has 2 aliphatic carbocycles. The predicted octanol–water partition coefficient (Wildman–Crippen LogP) is 3.26. The largest absolute Gasteiger partial charge is 0.487 e. The highest BCUT2D eigenvalue weighted by atomic mass is 16.5. The number of amides is 2. The lowest BCUT2D eigenvalue weighted by Crippen LogP contribution is -2.45. The predicted molar refractivity (Wildman–Crippen MR) is 94.8 cm³/mol. The first-order chi connectivity index (χ1) is 12.2. The molecule has 1 atom stereocenters. The minimum atomic E-state index is -0.144. The highest BCUT2D eigenvalue weighted by Crippen LogP contribution is 2.39. The second kappa shape index (κ2) is 7.20. The molecular weight excluding hydrogens is 318 g/mol. The molecule has 0 bridgehead atoms. The second-order valence-corrected chi connectivity index (χ2v) is 7.55. The Morgan fingerprint density at radius 2 is 1.92 bits per heavy atom. The number of ether oxygens (including phenoxy) is 2. The van der Waals surface area contributed by atoms with Crippen LogP contribution in [0.5, 0.6) is 5.75 Å². The maximum absolute atomic E-state index is 12.6. The summed E-state index contributed by atoms with van der Waals surface area (Å²) in [5, 5.41) is 6.22. The number of anilines is 1. The van der Waals surface area contributed by atoms with Crippen LogP contribution in [-0.4, -0.2) is 36.4 Å².